The second-order valence-corrected chi connectivity index (χ2v) is 11.5. The minimum atomic E-state index is 0.710. The molecule has 0 amide bonds. The van der Waals surface area contributed by atoms with Crippen LogP contribution in [-0.4, -0.2) is 0 Å². The minimum Gasteiger partial charge on any atom is -0.399 e. The highest BCUT2D eigenvalue weighted by Crippen LogP contribution is 2.38. The van der Waals surface area contributed by atoms with Gasteiger partial charge in [0.1, 0.15) is 0 Å². The summed E-state index contributed by atoms with van der Waals surface area (Å²) in [6.07, 6.45) is 19.2. The molecule has 1 aliphatic rings. The van der Waals surface area contributed by atoms with Gasteiger partial charge in [-0.2, -0.15) is 0 Å². The largest absolute Gasteiger partial charge is 0.399 e. The van der Waals surface area contributed by atoms with Gasteiger partial charge in [-0.25, -0.2) is 0 Å². The molecule has 0 heterocycles. The van der Waals surface area contributed by atoms with E-state index >= 15 is 0 Å². The summed E-state index contributed by atoms with van der Waals surface area (Å²) in [5.41, 5.74) is 18.6. The SMILES string of the molecule is C#CCC/C(=C(/c1ccc(CC2CCCC2)cc1)c1ccc(N)cc1C)c1ccc(CC)c(C)c1.CCCCC. The number of hydrogen-bond acceptors (Lipinski definition) is 1. The normalized spacial score (nSPS) is 13.8. The number of hydrogen-bond donors (Lipinski definition) is 1. The molecule has 1 heteroatoms. The van der Waals surface area contributed by atoms with Crippen molar-refractivity contribution in [2.75, 3.05) is 5.73 Å². The topological polar surface area (TPSA) is 26.0 Å². The van der Waals surface area contributed by atoms with Gasteiger partial charge in [0.2, 0.25) is 0 Å². The van der Waals surface area contributed by atoms with Gasteiger partial charge in [-0.1, -0.05) is 114 Å². The van der Waals surface area contributed by atoms with Gasteiger partial charge in [0.15, 0.2) is 0 Å². The Morgan fingerprint density at radius 1 is 0.850 bits per heavy atom. The van der Waals surface area contributed by atoms with Crippen molar-refractivity contribution in [3.63, 3.8) is 0 Å². The average Bonchev–Trinajstić information content (AvgIpc) is 3.46. The van der Waals surface area contributed by atoms with E-state index in [0.29, 0.717) is 6.42 Å². The minimum absolute atomic E-state index is 0.710. The molecule has 4 rings (SSSR count). The zero-order valence-corrected chi connectivity index (χ0v) is 25.8. The third-order valence-corrected chi connectivity index (χ3v) is 8.36. The monoisotopic (exact) mass is 533 g/mol. The number of rotatable bonds is 10. The summed E-state index contributed by atoms with van der Waals surface area (Å²) in [5.74, 6) is 3.73. The molecule has 0 radical (unpaired) electrons. The lowest BCUT2D eigenvalue weighted by molar-refractivity contribution is 0.546. The van der Waals surface area contributed by atoms with Crippen LogP contribution in [0.5, 0.6) is 0 Å². The van der Waals surface area contributed by atoms with Gasteiger partial charge in [0.25, 0.3) is 0 Å². The highest BCUT2D eigenvalue weighted by molar-refractivity contribution is 5.99. The molecular formula is C39H51N. The van der Waals surface area contributed by atoms with Crippen LogP contribution in [0.1, 0.15) is 118 Å². The zero-order valence-electron chi connectivity index (χ0n) is 25.8. The number of anilines is 1. The van der Waals surface area contributed by atoms with E-state index < -0.39 is 0 Å². The van der Waals surface area contributed by atoms with E-state index in [2.05, 4.69) is 95.1 Å². The molecule has 2 N–H and O–H groups in total. The van der Waals surface area contributed by atoms with Crippen molar-refractivity contribution in [2.24, 2.45) is 5.92 Å². The molecule has 212 valence electrons. The second-order valence-electron chi connectivity index (χ2n) is 11.5. The number of nitrogen functional groups attached to an aromatic ring is 1. The molecule has 0 unspecified atom stereocenters. The number of unbranched alkanes of at least 4 members (excludes halogenated alkanes) is 2. The van der Waals surface area contributed by atoms with Crippen LogP contribution >= 0.6 is 0 Å². The van der Waals surface area contributed by atoms with Crippen LogP contribution < -0.4 is 5.73 Å². The summed E-state index contributed by atoms with van der Waals surface area (Å²) in [7, 11) is 0. The van der Waals surface area contributed by atoms with E-state index in [-0.39, 0.29) is 0 Å². The molecule has 0 atom stereocenters. The Hall–Kier alpha value is -3.24. The first-order valence-electron chi connectivity index (χ1n) is 15.6. The van der Waals surface area contributed by atoms with Crippen LogP contribution in [0.2, 0.25) is 0 Å². The Balaban J connectivity index is 0.000000810. The van der Waals surface area contributed by atoms with E-state index in [4.69, 9.17) is 12.2 Å². The maximum Gasteiger partial charge on any atom is 0.0317 e. The van der Waals surface area contributed by atoms with Gasteiger partial charge in [-0.3, -0.25) is 0 Å². The van der Waals surface area contributed by atoms with Gasteiger partial charge in [-0.05, 0) is 101 Å². The molecule has 1 aliphatic carbocycles. The Morgan fingerprint density at radius 2 is 1.52 bits per heavy atom. The fourth-order valence-corrected chi connectivity index (χ4v) is 6.06. The lowest BCUT2D eigenvalue weighted by Crippen LogP contribution is -2.01. The van der Waals surface area contributed by atoms with Crippen LogP contribution in [0.15, 0.2) is 60.7 Å². The molecule has 1 fully saturated rings. The van der Waals surface area contributed by atoms with E-state index in [0.717, 1.165) is 24.4 Å². The van der Waals surface area contributed by atoms with E-state index in [9.17, 15) is 0 Å². The number of nitrogens with two attached hydrogens (primary N) is 1. The third kappa shape index (κ3) is 8.63. The van der Waals surface area contributed by atoms with E-state index in [1.807, 2.05) is 6.07 Å². The predicted octanol–water partition coefficient (Wildman–Crippen LogP) is 10.7. The molecular weight excluding hydrogens is 482 g/mol. The van der Waals surface area contributed by atoms with Crippen LogP contribution in [0.3, 0.4) is 0 Å². The van der Waals surface area contributed by atoms with Crippen LogP contribution in [0, 0.1) is 32.1 Å². The van der Waals surface area contributed by atoms with E-state index in [1.54, 1.807) is 0 Å². The summed E-state index contributed by atoms with van der Waals surface area (Å²) in [6.45, 7) is 11.0. The van der Waals surface area contributed by atoms with Crippen LogP contribution in [0.25, 0.3) is 11.1 Å². The lowest BCUT2D eigenvalue weighted by Gasteiger charge is -2.20. The van der Waals surface area contributed by atoms with Gasteiger partial charge in [-0.15, -0.1) is 12.3 Å². The quantitative estimate of drug-likeness (QED) is 0.156. The molecule has 0 saturated heterocycles. The second kappa shape index (κ2) is 16.1. The first-order chi connectivity index (χ1) is 19.4. The van der Waals surface area contributed by atoms with Gasteiger partial charge in [0, 0.05) is 12.1 Å². The average molecular weight is 534 g/mol. The van der Waals surface area contributed by atoms with Crippen molar-refractivity contribution < 1.29 is 0 Å². The van der Waals surface area contributed by atoms with Crippen molar-refractivity contribution in [1.82, 2.24) is 0 Å². The van der Waals surface area contributed by atoms with Crippen molar-refractivity contribution in [3.8, 4) is 12.3 Å². The molecule has 3 aromatic rings. The van der Waals surface area contributed by atoms with Crippen molar-refractivity contribution in [2.45, 2.75) is 105 Å². The molecule has 0 spiro atoms. The summed E-state index contributed by atoms with van der Waals surface area (Å²) in [5, 5.41) is 0. The smallest absolute Gasteiger partial charge is 0.0317 e. The van der Waals surface area contributed by atoms with Crippen LogP contribution in [0.4, 0.5) is 5.69 Å². The van der Waals surface area contributed by atoms with Gasteiger partial charge >= 0.3 is 0 Å². The predicted molar refractivity (Wildman–Crippen MR) is 177 cm³/mol. The van der Waals surface area contributed by atoms with E-state index in [1.165, 1.54) is 101 Å². The molecule has 0 bridgehead atoms. The molecule has 0 aliphatic heterocycles. The molecule has 0 aromatic heterocycles. The highest BCUT2D eigenvalue weighted by Gasteiger charge is 2.18. The number of allylic oxidation sites excluding steroid dienone is 1. The summed E-state index contributed by atoms with van der Waals surface area (Å²) >= 11 is 0. The first kappa shape index (κ1) is 31.3. The Bertz CT molecular complexity index is 1280. The Morgan fingerprint density at radius 3 is 2.08 bits per heavy atom. The Kier molecular flexibility index (Phi) is 12.6. The van der Waals surface area contributed by atoms with Crippen molar-refractivity contribution in [1.29, 1.82) is 0 Å². The van der Waals surface area contributed by atoms with Gasteiger partial charge < -0.3 is 5.73 Å². The maximum atomic E-state index is 6.14. The van der Waals surface area contributed by atoms with Crippen molar-refractivity contribution in [3.05, 3.63) is 99.6 Å². The fraction of sp³-hybridized carbons (Fsp3) is 0.436. The fourth-order valence-electron chi connectivity index (χ4n) is 6.06. The lowest BCUT2D eigenvalue weighted by atomic mass is 9.84. The Labute approximate surface area is 245 Å². The van der Waals surface area contributed by atoms with Crippen LogP contribution in [-0.2, 0) is 12.8 Å². The van der Waals surface area contributed by atoms with Gasteiger partial charge in [0.05, 0.1) is 0 Å². The number of benzene rings is 3. The number of terminal acetylenes is 1. The summed E-state index contributed by atoms with van der Waals surface area (Å²) in [4.78, 5) is 0. The third-order valence-electron chi connectivity index (χ3n) is 8.36. The van der Waals surface area contributed by atoms with Crippen molar-refractivity contribution >= 4 is 16.8 Å². The standard InChI is InChI=1S/C34H39N.C5H12/c1-5-7-12-33(30-18-17-28(6-2)24(3)21-30)34(32-20-19-31(35)22-25(32)4)29-15-13-27(14-16-29)23-26-10-8-9-11-26;1-3-5-4-2/h1,13-22,26H,6-12,23,35H2,2-4H3;3-5H2,1-2H3/b34-33+;. The molecule has 40 heavy (non-hydrogen) atoms. The number of aryl methyl sites for hydroxylation is 3. The zero-order chi connectivity index (χ0) is 28.9. The molecule has 1 nitrogen and oxygen atoms in total. The summed E-state index contributed by atoms with van der Waals surface area (Å²) < 4.78 is 0. The maximum absolute atomic E-state index is 6.14. The molecule has 3 aromatic carbocycles. The molecule has 1 saturated carbocycles. The summed E-state index contributed by atoms with van der Waals surface area (Å²) in [6, 6.07) is 22.5. The highest BCUT2D eigenvalue weighted by atomic mass is 14.5. The first-order valence-corrected chi connectivity index (χ1v) is 15.6.